The molecule has 0 radical (unpaired) electrons. The number of anilines is 2. The van der Waals surface area contributed by atoms with Crippen molar-refractivity contribution in [2.24, 2.45) is 11.7 Å². The fourth-order valence-electron chi connectivity index (χ4n) is 8.44. The number of fused-ring (bicyclic) bond motifs is 2. The number of rotatable bonds is 13. The summed E-state index contributed by atoms with van der Waals surface area (Å²) in [4.78, 5) is 102. The van der Waals surface area contributed by atoms with Gasteiger partial charge in [-0.3, -0.25) is 48.7 Å². The Kier molecular flexibility index (Phi) is 10.7. The van der Waals surface area contributed by atoms with Crippen LogP contribution in [0.2, 0.25) is 0 Å². The van der Waals surface area contributed by atoms with Crippen molar-refractivity contribution < 1.29 is 33.6 Å². The molecule has 0 spiro atoms. The Morgan fingerprint density at radius 3 is 2.47 bits per heavy atom. The summed E-state index contributed by atoms with van der Waals surface area (Å²) in [6, 6.07) is 9.37. The van der Waals surface area contributed by atoms with E-state index in [0.29, 0.717) is 62.8 Å². The van der Waals surface area contributed by atoms with Gasteiger partial charge in [-0.15, -0.1) is 11.3 Å². The van der Waals surface area contributed by atoms with E-state index in [4.69, 9.17) is 10.7 Å². The second-order valence-electron chi connectivity index (χ2n) is 15.4. The fraction of sp³-hybridized carbons (Fsp3) is 0.463. The highest BCUT2D eigenvalue weighted by Gasteiger charge is 2.45. The van der Waals surface area contributed by atoms with Gasteiger partial charge in [-0.25, -0.2) is 4.98 Å². The molecular formula is C41H46N8O7S. The fourth-order valence-corrected chi connectivity index (χ4v) is 9.53. The number of benzene rings is 2. The third-order valence-corrected chi connectivity index (χ3v) is 12.7. The summed E-state index contributed by atoms with van der Waals surface area (Å²) >= 11 is 1.46. The monoisotopic (exact) mass is 794 g/mol. The number of piperazine rings is 1. The van der Waals surface area contributed by atoms with E-state index in [1.54, 1.807) is 18.2 Å². The van der Waals surface area contributed by atoms with Gasteiger partial charge in [0.2, 0.25) is 29.5 Å². The zero-order valence-corrected chi connectivity index (χ0v) is 32.7. The molecule has 2 aromatic carbocycles. The highest BCUT2D eigenvalue weighted by atomic mass is 32.1. The van der Waals surface area contributed by atoms with Crippen LogP contribution in [0.4, 0.5) is 11.4 Å². The molecule has 1 aromatic heterocycles. The second-order valence-corrected chi connectivity index (χ2v) is 16.7. The van der Waals surface area contributed by atoms with Gasteiger partial charge in [0.1, 0.15) is 17.1 Å². The Morgan fingerprint density at radius 2 is 1.74 bits per heavy atom. The number of primary amides is 1. The maximum absolute atomic E-state index is 13.3. The number of unbranched alkanes of at least 4 members (excludes halogenated alkanes) is 2. The van der Waals surface area contributed by atoms with Crippen LogP contribution in [-0.2, 0) is 30.4 Å². The van der Waals surface area contributed by atoms with Gasteiger partial charge in [-0.05, 0) is 75.3 Å². The smallest absolute Gasteiger partial charge is 0.264 e. The number of nitrogens with one attached hydrogen (secondary N) is 2. The Hall–Kier alpha value is -5.48. The minimum Gasteiger partial charge on any atom is -0.384 e. The predicted octanol–water partition coefficient (Wildman–Crippen LogP) is 3.16. The van der Waals surface area contributed by atoms with Crippen LogP contribution < -0.4 is 21.3 Å². The lowest BCUT2D eigenvalue weighted by Crippen LogP contribution is -2.54. The van der Waals surface area contributed by atoms with Crippen LogP contribution in [0.3, 0.4) is 0 Å². The first-order valence-electron chi connectivity index (χ1n) is 19.8. The van der Waals surface area contributed by atoms with Gasteiger partial charge in [-0.1, -0.05) is 18.6 Å². The molecule has 3 fully saturated rings. The third kappa shape index (κ3) is 7.55. The minimum absolute atomic E-state index is 0.0538. The first kappa shape index (κ1) is 38.4. The Balaban J connectivity index is 0.798. The van der Waals surface area contributed by atoms with Crippen molar-refractivity contribution in [2.75, 3.05) is 49.5 Å². The molecule has 0 bridgehead atoms. The summed E-state index contributed by atoms with van der Waals surface area (Å²) in [6.45, 7) is 5.14. The molecule has 7 amide bonds. The zero-order chi connectivity index (χ0) is 40.0. The zero-order valence-electron chi connectivity index (χ0n) is 31.9. The number of thiazole rings is 1. The first-order chi connectivity index (χ1) is 27.5. The maximum Gasteiger partial charge on any atom is 0.264 e. The van der Waals surface area contributed by atoms with Gasteiger partial charge in [0.15, 0.2) is 0 Å². The Morgan fingerprint density at radius 1 is 0.947 bits per heavy atom. The van der Waals surface area contributed by atoms with Gasteiger partial charge >= 0.3 is 0 Å². The van der Waals surface area contributed by atoms with Crippen molar-refractivity contribution in [3.8, 4) is 11.3 Å². The molecule has 1 aliphatic carbocycles. The molecule has 2 saturated heterocycles. The molecule has 2 atom stereocenters. The lowest BCUT2D eigenvalue weighted by molar-refractivity contribution is -0.137. The van der Waals surface area contributed by atoms with E-state index in [9.17, 15) is 33.6 Å². The molecule has 5 heterocycles. The summed E-state index contributed by atoms with van der Waals surface area (Å²) < 4.78 is 0. The first-order valence-corrected chi connectivity index (χ1v) is 20.6. The van der Waals surface area contributed by atoms with Crippen molar-refractivity contribution >= 4 is 64.1 Å². The summed E-state index contributed by atoms with van der Waals surface area (Å²) in [7, 11) is 0. The number of nitrogens with two attached hydrogens (primary N) is 1. The summed E-state index contributed by atoms with van der Waals surface area (Å²) in [5, 5.41) is 6.10. The van der Waals surface area contributed by atoms with Crippen LogP contribution in [-0.4, -0.2) is 106 Å². The van der Waals surface area contributed by atoms with E-state index in [1.165, 1.54) is 11.3 Å². The topological polar surface area (TPSA) is 195 Å². The van der Waals surface area contributed by atoms with Crippen LogP contribution in [0.1, 0.15) is 93.6 Å². The van der Waals surface area contributed by atoms with Gasteiger partial charge in [0.05, 0.1) is 16.8 Å². The molecule has 1 saturated carbocycles. The molecule has 3 aromatic rings. The van der Waals surface area contributed by atoms with Crippen LogP contribution in [0.25, 0.3) is 11.3 Å². The molecule has 8 rings (SSSR count). The number of hydrogen-bond acceptors (Lipinski definition) is 11. The van der Waals surface area contributed by atoms with Gasteiger partial charge in [0, 0.05) is 79.8 Å². The number of hydrogen-bond donors (Lipinski definition) is 3. The quantitative estimate of drug-likeness (QED) is 0.171. The highest BCUT2D eigenvalue weighted by molar-refractivity contribution is 7.12. The number of aromatic nitrogens is 1. The van der Waals surface area contributed by atoms with Crippen molar-refractivity contribution in [2.45, 2.75) is 76.8 Å². The van der Waals surface area contributed by atoms with Gasteiger partial charge < -0.3 is 20.9 Å². The average molecular weight is 795 g/mol. The van der Waals surface area contributed by atoms with Crippen molar-refractivity contribution in [1.82, 2.24) is 25.0 Å². The number of piperidine rings is 1. The normalized spacial score (nSPS) is 20.1. The molecule has 4 N–H and O–H groups in total. The predicted molar refractivity (Wildman–Crippen MR) is 211 cm³/mol. The lowest BCUT2D eigenvalue weighted by atomic mass is 10.0. The van der Waals surface area contributed by atoms with Crippen LogP contribution in [0.15, 0.2) is 36.4 Å². The van der Waals surface area contributed by atoms with Crippen LogP contribution in [0, 0.1) is 12.8 Å². The minimum atomic E-state index is -1.02. The summed E-state index contributed by atoms with van der Waals surface area (Å²) in [5.74, 6) is -2.21. The molecule has 5 aliphatic rings. The van der Waals surface area contributed by atoms with E-state index in [1.807, 2.05) is 33.8 Å². The van der Waals surface area contributed by atoms with Crippen molar-refractivity contribution in [3.63, 3.8) is 0 Å². The number of carbonyl (C=O) groups is 7. The standard InChI is InChI=1S/C41H46N8O7S/c1-23-34(26-11-12-29-25(22-26)15-17-48(29)39(54)24-9-10-24)45-38(57-23)35(36(42)52)47-20-18-46(19-21-47)32(51)8-3-2-4-16-43-28-7-5-6-27-33(28)41(56)49(40(27)55)30-13-14-31(50)44-37(30)53/h5-7,11-12,22,24,30,35,43H,2-4,8-10,13-21H2,1H3,(H2,42,52)(H,44,50,53). The Labute approximate surface area is 333 Å². The SMILES string of the molecule is Cc1sc(C(C(N)=O)N2CCN(C(=O)CCCCCNc3cccc4c3C(=O)N(C3CCC(=O)NC3=O)C4=O)CC2)nc1-c1ccc2c(c1)CCN2C(=O)C1CC1. The molecular weight excluding hydrogens is 749 g/mol. The van der Waals surface area contributed by atoms with E-state index in [0.717, 1.165) is 64.4 Å². The molecule has 4 aliphatic heterocycles. The van der Waals surface area contributed by atoms with Gasteiger partial charge in [-0.2, -0.15) is 0 Å². The molecule has 15 nitrogen and oxygen atoms in total. The average Bonchev–Trinajstić information content (AvgIpc) is 3.78. The number of carbonyl (C=O) groups excluding carboxylic acids is 7. The summed E-state index contributed by atoms with van der Waals surface area (Å²) in [6.07, 6.45) is 5.46. The molecule has 57 heavy (non-hydrogen) atoms. The summed E-state index contributed by atoms with van der Waals surface area (Å²) in [5.41, 5.74) is 10.8. The van der Waals surface area contributed by atoms with Gasteiger partial charge in [0.25, 0.3) is 11.8 Å². The molecule has 2 unspecified atom stereocenters. The molecule has 298 valence electrons. The lowest BCUT2D eigenvalue weighted by Gasteiger charge is -2.37. The van der Waals surface area contributed by atoms with E-state index in [2.05, 4.69) is 16.7 Å². The second kappa shape index (κ2) is 15.8. The van der Waals surface area contributed by atoms with Crippen molar-refractivity contribution in [3.05, 3.63) is 63.0 Å². The van der Waals surface area contributed by atoms with E-state index < -0.39 is 41.6 Å². The Bertz CT molecular complexity index is 2170. The van der Waals surface area contributed by atoms with Crippen LogP contribution >= 0.6 is 11.3 Å². The number of imide groups is 2. The van der Waals surface area contributed by atoms with Crippen molar-refractivity contribution in [1.29, 1.82) is 0 Å². The highest BCUT2D eigenvalue weighted by Crippen LogP contribution is 2.40. The van der Waals surface area contributed by atoms with Crippen LogP contribution in [0.5, 0.6) is 0 Å². The maximum atomic E-state index is 13.3. The molecule has 16 heteroatoms. The van der Waals surface area contributed by atoms with E-state index >= 15 is 0 Å². The van der Waals surface area contributed by atoms with E-state index in [-0.39, 0.29) is 41.7 Å². The third-order valence-electron chi connectivity index (χ3n) is 11.6. The number of nitrogens with zero attached hydrogens (tertiary/aromatic N) is 5. The largest absolute Gasteiger partial charge is 0.384 e. The number of amides is 7. The number of aryl methyl sites for hydroxylation is 1.